The van der Waals surface area contributed by atoms with Crippen molar-refractivity contribution in [1.82, 2.24) is 4.90 Å². The number of esters is 1. The first kappa shape index (κ1) is 17.2. The fourth-order valence-electron chi connectivity index (χ4n) is 3.35. The number of aliphatic hydroxyl groups excluding tert-OH is 1. The minimum atomic E-state index is -0.748. The fourth-order valence-corrected chi connectivity index (χ4v) is 3.35. The number of hydrogen-bond acceptors (Lipinski definition) is 4. The maximum Gasteiger partial charge on any atom is 0.328 e. The molecule has 25 heavy (non-hydrogen) atoms. The number of amides is 1. The molecule has 0 aliphatic carbocycles. The van der Waals surface area contributed by atoms with Crippen LogP contribution in [0.1, 0.15) is 23.5 Å². The maximum absolute atomic E-state index is 13.3. The first-order chi connectivity index (χ1) is 12.1. The Morgan fingerprint density at radius 3 is 2.04 bits per heavy atom. The summed E-state index contributed by atoms with van der Waals surface area (Å²) in [5, 5.41) is 9.98. The molecule has 1 aliphatic heterocycles. The molecule has 1 heterocycles. The first-order valence-electron chi connectivity index (χ1n) is 8.28. The summed E-state index contributed by atoms with van der Waals surface area (Å²) < 4.78 is 4.81. The molecule has 0 unspecified atom stereocenters. The molecule has 3 rings (SSSR count). The van der Waals surface area contributed by atoms with Gasteiger partial charge in [0.2, 0.25) is 5.91 Å². The van der Waals surface area contributed by atoms with Crippen LogP contribution >= 0.6 is 0 Å². The average molecular weight is 339 g/mol. The van der Waals surface area contributed by atoms with Gasteiger partial charge in [-0.3, -0.25) is 4.79 Å². The van der Waals surface area contributed by atoms with Gasteiger partial charge in [-0.05, 0) is 11.1 Å². The third-order valence-electron chi connectivity index (χ3n) is 4.55. The summed E-state index contributed by atoms with van der Waals surface area (Å²) in [6.07, 6.45) is -0.519. The molecular formula is C20H21NO4. The normalized spacial score (nSPS) is 19.9. The van der Waals surface area contributed by atoms with Gasteiger partial charge in [0.25, 0.3) is 0 Å². The zero-order chi connectivity index (χ0) is 17.8. The Morgan fingerprint density at radius 2 is 1.56 bits per heavy atom. The van der Waals surface area contributed by atoms with Gasteiger partial charge >= 0.3 is 5.97 Å². The summed E-state index contributed by atoms with van der Waals surface area (Å²) in [4.78, 5) is 26.8. The van der Waals surface area contributed by atoms with E-state index >= 15 is 0 Å². The molecule has 1 amide bonds. The Morgan fingerprint density at radius 1 is 1.04 bits per heavy atom. The zero-order valence-corrected chi connectivity index (χ0v) is 14.0. The van der Waals surface area contributed by atoms with Gasteiger partial charge in [-0.2, -0.15) is 0 Å². The molecule has 0 spiro atoms. The van der Waals surface area contributed by atoms with Crippen molar-refractivity contribution in [2.75, 3.05) is 13.7 Å². The highest BCUT2D eigenvalue weighted by atomic mass is 16.5. The van der Waals surface area contributed by atoms with Crippen LogP contribution in [-0.4, -0.2) is 47.7 Å². The summed E-state index contributed by atoms with van der Waals surface area (Å²) in [6.45, 7) is 0.134. The molecule has 0 bridgehead atoms. The molecular weight excluding hydrogens is 318 g/mol. The Kier molecular flexibility index (Phi) is 5.14. The van der Waals surface area contributed by atoms with Gasteiger partial charge < -0.3 is 14.7 Å². The van der Waals surface area contributed by atoms with Gasteiger partial charge in [0.15, 0.2) is 0 Å². The van der Waals surface area contributed by atoms with Crippen molar-refractivity contribution in [3.05, 3.63) is 71.8 Å². The van der Waals surface area contributed by atoms with Crippen molar-refractivity contribution in [3.8, 4) is 0 Å². The summed E-state index contributed by atoms with van der Waals surface area (Å²) in [5.74, 6) is -1.23. The highest BCUT2D eigenvalue weighted by molar-refractivity contribution is 5.91. The molecule has 1 saturated heterocycles. The Bertz CT molecular complexity index is 692. The molecule has 1 fully saturated rings. The van der Waals surface area contributed by atoms with E-state index in [4.69, 9.17) is 4.74 Å². The summed E-state index contributed by atoms with van der Waals surface area (Å²) in [6, 6.07) is 18.2. The molecule has 1 aliphatic rings. The number of carbonyl (C=O) groups excluding carboxylic acids is 2. The number of benzene rings is 2. The van der Waals surface area contributed by atoms with Crippen molar-refractivity contribution < 1.29 is 19.4 Å². The standard InChI is InChI=1S/C20H21NO4/c1-25-20(24)17-12-16(22)13-21(17)19(23)18(14-8-4-2-5-9-14)15-10-6-3-7-11-15/h2-11,16-18,22H,12-13H2,1H3/t16-,17+/m1/s1. The van der Waals surface area contributed by atoms with E-state index in [0.717, 1.165) is 11.1 Å². The van der Waals surface area contributed by atoms with E-state index in [0.29, 0.717) is 0 Å². The number of nitrogens with zero attached hydrogens (tertiary/aromatic N) is 1. The maximum atomic E-state index is 13.3. The number of carbonyl (C=O) groups is 2. The van der Waals surface area contributed by atoms with E-state index in [1.54, 1.807) is 0 Å². The van der Waals surface area contributed by atoms with Crippen LogP contribution in [0.3, 0.4) is 0 Å². The van der Waals surface area contributed by atoms with Gasteiger partial charge in [0.1, 0.15) is 6.04 Å². The van der Waals surface area contributed by atoms with E-state index in [1.165, 1.54) is 12.0 Å². The number of methoxy groups -OCH3 is 1. The predicted molar refractivity (Wildman–Crippen MR) is 92.9 cm³/mol. The number of likely N-dealkylation sites (tertiary alicyclic amines) is 1. The molecule has 1 N–H and O–H groups in total. The first-order valence-corrected chi connectivity index (χ1v) is 8.28. The second-order valence-electron chi connectivity index (χ2n) is 6.17. The molecule has 2 atom stereocenters. The van der Waals surface area contributed by atoms with Gasteiger partial charge in [-0.1, -0.05) is 60.7 Å². The Labute approximate surface area is 146 Å². The minimum absolute atomic E-state index is 0.134. The lowest BCUT2D eigenvalue weighted by Crippen LogP contribution is -2.43. The van der Waals surface area contributed by atoms with Crippen LogP contribution in [0.2, 0.25) is 0 Å². The topological polar surface area (TPSA) is 66.8 Å². The lowest BCUT2D eigenvalue weighted by Gasteiger charge is -2.28. The predicted octanol–water partition coefficient (Wildman–Crippen LogP) is 1.95. The summed E-state index contributed by atoms with van der Waals surface area (Å²) >= 11 is 0. The molecule has 5 nitrogen and oxygen atoms in total. The van der Waals surface area contributed by atoms with Gasteiger partial charge in [-0.15, -0.1) is 0 Å². The Balaban J connectivity index is 1.98. The van der Waals surface area contributed by atoms with E-state index in [-0.39, 0.29) is 18.9 Å². The molecule has 0 aromatic heterocycles. The highest BCUT2D eigenvalue weighted by Crippen LogP contribution is 2.30. The minimum Gasteiger partial charge on any atom is -0.467 e. The number of hydrogen-bond donors (Lipinski definition) is 1. The number of β-amino-alcohol motifs (C(OH)–C–C–N with tert-alkyl or cyclic N) is 1. The third kappa shape index (κ3) is 3.56. The average Bonchev–Trinajstić information content (AvgIpc) is 3.05. The number of aliphatic hydroxyl groups is 1. The lowest BCUT2D eigenvalue weighted by atomic mass is 9.90. The second-order valence-corrected chi connectivity index (χ2v) is 6.17. The van der Waals surface area contributed by atoms with Crippen molar-refractivity contribution in [1.29, 1.82) is 0 Å². The van der Waals surface area contributed by atoms with Crippen LogP contribution in [0.4, 0.5) is 0 Å². The molecule has 5 heteroatoms. The van der Waals surface area contributed by atoms with E-state index in [1.807, 2.05) is 60.7 Å². The monoisotopic (exact) mass is 339 g/mol. The molecule has 0 saturated carbocycles. The Hall–Kier alpha value is -2.66. The highest BCUT2D eigenvalue weighted by Gasteiger charge is 2.42. The van der Waals surface area contributed by atoms with Crippen molar-refractivity contribution in [2.24, 2.45) is 0 Å². The van der Waals surface area contributed by atoms with Crippen LogP contribution < -0.4 is 0 Å². The van der Waals surface area contributed by atoms with E-state index < -0.39 is 24.0 Å². The third-order valence-corrected chi connectivity index (χ3v) is 4.55. The van der Waals surface area contributed by atoms with Crippen LogP contribution in [-0.2, 0) is 14.3 Å². The number of rotatable bonds is 4. The number of ether oxygens (including phenoxy) is 1. The molecule has 130 valence electrons. The smallest absolute Gasteiger partial charge is 0.328 e. The van der Waals surface area contributed by atoms with Gasteiger partial charge in [0.05, 0.1) is 19.1 Å². The van der Waals surface area contributed by atoms with Crippen LogP contribution in [0, 0.1) is 0 Å². The van der Waals surface area contributed by atoms with E-state index in [2.05, 4.69) is 0 Å². The van der Waals surface area contributed by atoms with Crippen molar-refractivity contribution in [2.45, 2.75) is 24.5 Å². The molecule has 2 aromatic carbocycles. The van der Waals surface area contributed by atoms with Gasteiger partial charge in [0, 0.05) is 13.0 Å². The van der Waals surface area contributed by atoms with Crippen LogP contribution in [0.25, 0.3) is 0 Å². The van der Waals surface area contributed by atoms with Gasteiger partial charge in [-0.25, -0.2) is 4.79 Å². The zero-order valence-electron chi connectivity index (χ0n) is 14.0. The van der Waals surface area contributed by atoms with Crippen LogP contribution in [0.5, 0.6) is 0 Å². The van der Waals surface area contributed by atoms with Crippen LogP contribution in [0.15, 0.2) is 60.7 Å². The molecule has 2 aromatic rings. The fraction of sp³-hybridized carbons (Fsp3) is 0.300. The molecule has 0 radical (unpaired) electrons. The SMILES string of the molecule is COC(=O)[C@@H]1C[C@@H](O)CN1C(=O)C(c1ccccc1)c1ccccc1. The van der Waals surface area contributed by atoms with E-state index in [9.17, 15) is 14.7 Å². The summed E-state index contributed by atoms with van der Waals surface area (Å²) in [7, 11) is 1.29. The van der Waals surface area contributed by atoms with Crippen molar-refractivity contribution >= 4 is 11.9 Å². The largest absolute Gasteiger partial charge is 0.467 e. The van der Waals surface area contributed by atoms with Crippen molar-refractivity contribution in [3.63, 3.8) is 0 Å². The second kappa shape index (κ2) is 7.49. The lowest BCUT2D eigenvalue weighted by molar-refractivity contribution is -0.151. The quantitative estimate of drug-likeness (QED) is 0.865. The summed E-state index contributed by atoms with van der Waals surface area (Å²) in [5.41, 5.74) is 1.70.